The number of amides is 4. The van der Waals surface area contributed by atoms with Crippen molar-refractivity contribution in [2.75, 3.05) is 66.3 Å². The first kappa shape index (κ1) is 41.8. The van der Waals surface area contributed by atoms with E-state index in [1.807, 2.05) is 18.2 Å². The van der Waals surface area contributed by atoms with E-state index in [0.29, 0.717) is 49.7 Å². The molecule has 59 heavy (non-hydrogen) atoms. The summed E-state index contributed by atoms with van der Waals surface area (Å²) in [5, 5.41) is 17.7. The van der Waals surface area contributed by atoms with Crippen LogP contribution >= 0.6 is 12.6 Å². The Balaban J connectivity index is 0.926. The first-order chi connectivity index (χ1) is 28.1. The van der Waals surface area contributed by atoms with Crippen LogP contribution in [0.1, 0.15) is 68.6 Å². The molecule has 0 spiro atoms. The van der Waals surface area contributed by atoms with Gasteiger partial charge < -0.3 is 20.3 Å². The van der Waals surface area contributed by atoms with Crippen LogP contribution in [0.3, 0.4) is 0 Å². The molecular weight excluding hydrogens is 786 g/mol. The van der Waals surface area contributed by atoms with Gasteiger partial charge in [-0.1, -0.05) is 12.5 Å². The summed E-state index contributed by atoms with van der Waals surface area (Å²) < 4.78 is 47.9. The summed E-state index contributed by atoms with van der Waals surface area (Å²) in [5.74, 6) is -0.187. The van der Waals surface area contributed by atoms with Gasteiger partial charge in [0.05, 0.1) is 23.7 Å². The van der Waals surface area contributed by atoms with Gasteiger partial charge in [-0.15, -0.1) is 12.6 Å². The quantitative estimate of drug-likeness (QED) is 0.135. The zero-order valence-corrected chi connectivity index (χ0v) is 33.7. The van der Waals surface area contributed by atoms with Gasteiger partial charge in [0.15, 0.2) is 5.50 Å². The Morgan fingerprint density at radius 3 is 2.36 bits per heavy atom. The number of nitrogens with zero attached hydrogens (tertiary/aromatic N) is 5. The number of hydrogen-bond acceptors (Lipinski definition) is 11. The van der Waals surface area contributed by atoms with Crippen LogP contribution in [0, 0.1) is 11.3 Å². The van der Waals surface area contributed by atoms with Gasteiger partial charge in [-0.3, -0.25) is 39.2 Å². The van der Waals surface area contributed by atoms with Crippen LogP contribution in [0.2, 0.25) is 0 Å². The summed E-state index contributed by atoms with van der Waals surface area (Å²) in [6.45, 7) is 7.74. The molecule has 3 aliphatic heterocycles. The summed E-state index contributed by atoms with van der Waals surface area (Å²) in [5.41, 5.74) is -0.709. The summed E-state index contributed by atoms with van der Waals surface area (Å²) in [7, 11) is 0. The van der Waals surface area contributed by atoms with Gasteiger partial charge in [-0.2, -0.15) is 18.4 Å². The van der Waals surface area contributed by atoms with Crippen LogP contribution in [-0.4, -0.2) is 96.4 Å². The van der Waals surface area contributed by atoms with Crippen molar-refractivity contribution in [2.24, 2.45) is 0 Å². The number of rotatable bonds is 12. The number of piperidine rings is 1. The highest BCUT2D eigenvalue weighted by Gasteiger charge is 2.52. The zero-order chi connectivity index (χ0) is 42.1. The van der Waals surface area contributed by atoms with E-state index < -0.39 is 40.3 Å². The Labute approximate surface area is 346 Å². The van der Waals surface area contributed by atoms with Gasteiger partial charge in [0, 0.05) is 61.9 Å². The van der Waals surface area contributed by atoms with Gasteiger partial charge in [0.25, 0.3) is 5.91 Å². The van der Waals surface area contributed by atoms with E-state index in [4.69, 9.17) is 17.4 Å². The lowest BCUT2D eigenvalue weighted by Crippen LogP contribution is -2.49. The topological polar surface area (TPSA) is 150 Å². The van der Waals surface area contributed by atoms with Crippen molar-refractivity contribution >= 4 is 59.0 Å². The summed E-state index contributed by atoms with van der Waals surface area (Å²) in [6.07, 6.45) is -1.04. The highest BCUT2D eigenvalue weighted by molar-refractivity contribution is 7.81. The molecule has 4 amide bonds. The third kappa shape index (κ3) is 9.14. The Morgan fingerprint density at radius 1 is 0.966 bits per heavy atom. The first-order valence-corrected chi connectivity index (χ1v) is 20.3. The molecule has 0 aromatic heterocycles. The Morgan fingerprint density at radius 2 is 1.68 bits per heavy atom. The Bertz CT molecular complexity index is 2150. The highest BCUT2D eigenvalue weighted by atomic mass is 32.1. The number of thiol groups is 1. The van der Waals surface area contributed by atoms with Crippen LogP contribution in [0.4, 0.5) is 35.9 Å². The molecule has 1 aliphatic carbocycles. The predicted molar refractivity (Wildman–Crippen MR) is 219 cm³/mol. The van der Waals surface area contributed by atoms with Crippen molar-refractivity contribution in [3.8, 4) is 11.8 Å². The fourth-order valence-corrected chi connectivity index (χ4v) is 8.72. The van der Waals surface area contributed by atoms with E-state index in [2.05, 4.69) is 25.8 Å². The molecule has 17 heteroatoms. The minimum Gasteiger partial charge on any atom is -0.492 e. The fourth-order valence-electron chi connectivity index (χ4n) is 8.06. The molecule has 2 unspecified atom stereocenters. The van der Waals surface area contributed by atoms with Gasteiger partial charge in [-0.05, 0) is 99.2 Å². The normalized spacial score (nSPS) is 21.5. The molecule has 4 fully saturated rings. The third-order valence-electron chi connectivity index (χ3n) is 11.6. The number of imide groups is 1. The number of piperazine rings is 1. The van der Waals surface area contributed by atoms with Gasteiger partial charge in [0.1, 0.15) is 23.9 Å². The average molecular weight is 833 g/mol. The number of hydrogen-bond donors (Lipinski definition) is 4. The molecule has 3 N–H and O–H groups in total. The number of ether oxygens (including phenoxy) is 1. The van der Waals surface area contributed by atoms with Crippen molar-refractivity contribution in [2.45, 2.75) is 75.1 Å². The van der Waals surface area contributed by atoms with E-state index >= 15 is 0 Å². The van der Waals surface area contributed by atoms with Crippen molar-refractivity contribution in [1.29, 1.82) is 5.26 Å². The molecule has 0 bridgehead atoms. The molecular formula is C42H47F3N8O5S. The number of benzene rings is 3. The van der Waals surface area contributed by atoms with Gasteiger partial charge in [-0.25, -0.2) is 0 Å². The van der Waals surface area contributed by atoms with Gasteiger partial charge in [0.2, 0.25) is 17.7 Å². The molecule has 2 atom stereocenters. The third-order valence-corrected chi connectivity index (χ3v) is 12.0. The van der Waals surface area contributed by atoms with E-state index in [-0.39, 0.29) is 42.3 Å². The Kier molecular flexibility index (Phi) is 12.1. The maximum absolute atomic E-state index is 13.8. The lowest BCUT2D eigenvalue weighted by Gasteiger charge is -2.36. The maximum atomic E-state index is 13.8. The van der Waals surface area contributed by atoms with Crippen molar-refractivity contribution < 1.29 is 37.1 Å². The van der Waals surface area contributed by atoms with Crippen LogP contribution < -0.4 is 30.5 Å². The van der Waals surface area contributed by atoms with Crippen LogP contribution in [-0.2, 0) is 25.4 Å². The number of alkyl halides is 3. The summed E-state index contributed by atoms with van der Waals surface area (Å²) in [4.78, 5) is 57.8. The van der Waals surface area contributed by atoms with E-state index in [9.17, 15) is 37.6 Å². The molecule has 0 radical (unpaired) electrons. The number of nitriles is 1. The van der Waals surface area contributed by atoms with E-state index in [1.54, 1.807) is 49.1 Å². The van der Waals surface area contributed by atoms with Crippen LogP contribution in [0.5, 0.6) is 5.75 Å². The number of nitrogens with one attached hydrogen (secondary N) is 3. The van der Waals surface area contributed by atoms with Gasteiger partial charge >= 0.3 is 6.18 Å². The molecule has 13 nitrogen and oxygen atoms in total. The smallest absolute Gasteiger partial charge is 0.417 e. The van der Waals surface area contributed by atoms with Crippen molar-refractivity contribution in [3.05, 3.63) is 77.4 Å². The summed E-state index contributed by atoms with van der Waals surface area (Å²) in [6, 6.07) is 17.2. The SMILES string of the molecule is CC1(C)C(=O)N(c2ccc(C#N)c(C(F)(F)F)c2)C(S)N1c1ccc(OCCN2CCN(CC(=O)Nc3cccc(NC4CCC(=O)NC4=O)c3)CC2)c(C2CCC2)c1. The van der Waals surface area contributed by atoms with Crippen molar-refractivity contribution in [3.63, 3.8) is 0 Å². The highest BCUT2D eigenvalue weighted by Crippen LogP contribution is 2.46. The lowest BCUT2D eigenvalue weighted by atomic mass is 9.79. The lowest BCUT2D eigenvalue weighted by molar-refractivity contribution is -0.138. The average Bonchev–Trinajstić information content (AvgIpc) is 3.34. The molecule has 3 aromatic rings. The largest absolute Gasteiger partial charge is 0.492 e. The summed E-state index contributed by atoms with van der Waals surface area (Å²) >= 11 is 4.77. The second kappa shape index (κ2) is 17.1. The standard InChI is InChI=1S/C42H47F3N8O5S/c1-41(2)39(57)52(30-10-9-27(24-46)33(23-30)42(43,44)45)40(59)53(41)31-11-13-35(32(22-31)26-5-3-6-26)58-20-19-50-15-17-51(18-16-50)25-37(55)48-29-8-4-7-28(21-29)47-34-12-14-36(54)49-38(34)56/h4,7-11,13,21-23,26,34,40,47,59H,3,5-6,12,14-20,25H2,1-2H3,(H,48,55)(H,49,54,56). The minimum absolute atomic E-state index is 0.00374. The molecule has 4 aliphatic rings. The maximum Gasteiger partial charge on any atom is 0.417 e. The molecule has 312 valence electrons. The molecule has 3 heterocycles. The zero-order valence-electron chi connectivity index (χ0n) is 32.8. The molecule has 7 rings (SSSR count). The second-order valence-electron chi connectivity index (χ2n) is 15.9. The van der Waals surface area contributed by atoms with Crippen molar-refractivity contribution in [1.82, 2.24) is 15.1 Å². The second-order valence-corrected chi connectivity index (χ2v) is 16.3. The number of carbonyl (C=O) groups excluding carboxylic acids is 4. The van der Waals surface area contributed by atoms with E-state index in [1.165, 1.54) is 11.0 Å². The fraction of sp³-hybridized carbons (Fsp3) is 0.452. The first-order valence-electron chi connectivity index (χ1n) is 19.8. The monoisotopic (exact) mass is 832 g/mol. The minimum atomic E-state index is -4.77. The molecule has 3 aromatic carbocycles. The number of carbonyl (C=O) groups is 4. The van der Waals surface area contributed by atoms with Crippen LogP contribution in [0.15, 0.2) is 60.7 Å². The predicted octanol–water partition coefficient (Wildman–Crippen LogP) is 5.54. The number of halogens is 3. The molecule has 1 saturated carbocycles. The van der Waals surface area contributed by atoms with Crippen LogP contribution in [0.25, 0.3) is 0 Å². The number of anilines is 4. The Hall–Kier alpha value is -5.31. The molecule has 3 saturated heterocycles. The van der Waals surface area contributed by atoms with E-state index in [0.717, 1.165) is 55.8 Å².